The number of hydrogen-bond acceptors (Lipinski definition) is 7. The van der Waals surface area contributed by atoms with Crippen LogP contribution >= 0.6 is 0 Å². The molecule has 1 aromatic rings. The van der Waals surface area contributed by atoms with Gasteiger partial charge in [0.2, 0.25) is 6.10 Å². The molecule has 8 radical (unpaired) electrons. The molecular weight excluding hydrogens is 476 g/mol. The molecule has 1 saturated heterocycles. The predicted molar refractivity (Wildman–Crippen MR) is 116 cm³/mol. The highest BCUT2D eigenvalue weighted by molar-refractivity contribution is 7.85. The Morgan fingerprint density at radius 2 is 1.41 bits per heavy atom. The normalized spacial score (nSPS) is 16.6. The van der Waals surface area contributed by atoms with Crippen LogP contribution in [0.1, 0.15) is 43.0 Å². The number of rotatable bonds is 11. The maximum atomic E-state index is 13.4. The van der Waals surface area contributed by atoms with Crippen molar-refractivity contribution in [2.75, 3.05) is 19.0 Å². The molecule has 0 aliphatic carbocycles. The van der Waals surface area contributed by atoms with Gasteiger partial charge in [-0.3, -0.25) is 4.55 Å². The first-order chi connectivity index (χ1) is 15.8. The predicted octanol–water partition coefficient (Wildman–Crippen LogP) is -0.108. The summed E-state index contributed by atoms with van der Waals surface area (Å²) in [6, 6.07) is 0. The van der Waals surface area contributed by atoms with E-state index in [-0.39, 0.29) is 53.9 Å². The van der Waals surface area contributed by atoms with Crippen LogP contribution in [0, 0.1) is 0 Å². The van der Waals surface area contributed by atoms with E-state index in [2.05, 4.69) is 4.74 Å². The van der Waals surface area contributed by atoms with E-state index in [1.807, 2.05) is 0 Å². The lowest BCUT2D eigenvalue weighted by Crippen LogP contribution is -2.40. The summed E-state index contributed by atoms with van der Waals surface area (Å²) >= 11 is 0. The average Bonchev–Trinajstić information content (AvgIpc) is 3.57. The van der Waals surface area contributed by atoms with E-state index in [9.17, 15) is 31.2 Å². The zero-order valence-electron chi connectivity index (χ0n) is 17.8. The van der Waals surface area contributed by atoms with Crippen molar-refractivity contribution in [1.29, 1.82) is 0 Å². The van der Waals surface area contributed by atoms with Gasteiger partial charge in [-0.05, 0) is 11.1 Å². The number of epoxide rings is 1. The maximum Gasteiger partial charge on any atom is 0.426 e. The molecule has 16 heteroatoms. The van der Waals surface area contributed by atoms with Crippen molar-refractivity contribution in [2.45, 2.75) is 43.7 Å². The molecule has 0 amide bonds. The van der Waals surface area contributed by atoms with Crippen molar-refractivity contribution in [3.8, 4) is 0 Å². The highest BCUT2D eigenvalue weighted by Gasteiger charge is 2.46. The van der Waals surface area contributed by atoms with Crippen LogP contribution in [0.3, 0.4) is 0 Å². The van der Waals surface area contributed by atoms with E-state index in [0.717, 1.165) is 0 Å². The molecule has 1 heterocycles. The van der Waals surface area contributed by atoms with Crippen LogP contribution in [0.4, 0.5) is 13.2 Å². The first-order valence-electron chi connectivity index (χ1n) is 9.80. The Labute approximate surface area is 199 Å². The number of halogens is 3. The number of carbonyl (C=O) groups is 2. The van der Waals surface area contributed by atoms with Crippen molar-refractivity contribution in [3.63, 3.8) is 0 Å². The SMILES string of the molecule is [B]Cc1c(C[B])c(C[B])c(C(=O)OC(CS(=O)(=O)O)C(F)(F)F)c(C(=O)OCC2CO2)c1C[B]. The van der Waals surface area contributed by atoms with Crippen molar-refractivity contribution in [3.05, 3.63) is 33.4 Å². The van der Waals surface area contributed by atoms with E-state index < -0.39 is 57.5 Å². The van der Waals surface area contributed by atoms with Gasteiger partial charge in [-0.25, -0.2) is 9.59 Å². The summed E-state index contributed by atoms with van der Waals surface area (Å²) < 4.78 is 85.5. The van der Waals surface area contributed by atoms with Crippen LogP contribution in [0.2, 0.25) is 0 Å². The van der Waals surface area contributed by atoms with E-state index in [1.165, 1.54) is 0 Å². The molecule has 0 bridgehead atoms. The number of ether oxygens (including phenoxy) is 3. The second-order valence-corrected chi connectivity index (χ2v) is 8.72. The molecule has 1 aliphatic heterocycles. The summed E-state index contributed by atoms with van der Waals surface area (Å²) in [7, 11) is 17.8. The largest absolute Gasteiger partial charge is 0.459 e. The van der Waals surface area contributed by atoms with Crippen molar-refractivity contribution in [2.24, 2.45) is 0 Å². The van der Waals surface area contributed by atoms with E-state index in [4.69, 9.17) is 45.4 Å². The highest BCUT2D eigenvalue weighted by atomic mass is 32.2. The Bertz CT molecular complexity index is 1040. The third-order valence-electron chi connectivity index (χ3n) is 4.95. The monoisotopic (exact) mass is 494 g/mol. The van der Waals surface area contributed by atoms with Gasteiger partial charge in [0.1, 0.15) is 18.5 Å². The first kappa shape index (κ1) is 28.3. The number of alkyl halides is 3. The summed E-state index contributed by atoms with van der Waals surface area (Å²) in [5, 5.41) is 0. The molecule has 176 valence electrons. The lowest BCUT2D eigenvalue weighted by Gasteiger charge is -2.26. The summed E-state index contributed by atoms with van der Waals surface area (Å²) in [6.45, 7) is 0.114. The Hall–Kier alpha value is -1.92. The van der Waals surface area contributed by atoms with Gasteiger partial charge in [-0.15, -0.1) is 0 Å². The van der Waals surface area contributed by atoms with Crippen molar-refractivity contribution in [1.82, 2.24) is 0 Å². The smallest absolute Gasteiger partial charge is 0.426 e. The molecular formula is C18H17B4F3O8S. The van der Waals surface area contributed by atoms with Crippen LogP contribution in [-0.2, 0) is 49.6 Å². The highest BCUT2D eigenvalue weighted by Crippen LogP contribution is 2.33. The van der Waals surface area contributed by atoms with Gasteiger partial charge in [-0.1, -0.05) is 36.4 Å². The second-order valence-electron chi connectivity index (χ2n) is 7.22. The number of esters is 2. The summed E-state index contributed by atoms with van der Waals surface area (Å²) in [5.74, 6) is -4.84. The van der Waals surface area contributed by atoms with Gasteiger partial charge in [0, 0.05) is 0 Å². The van der Waals surface area contributed by atoms with Crippen molar-refractivity contribution >= 4 is 53.4 Å². The van der Waals surface area contributed by atoms with Gasteiger partial charge >= 0.3 is 18.1 Å². The van der Waals surface area contributed by atoms with Gasteiger partial charge in [0.15, 0.2) is 0 Å². The average molecular weight is 494 g/mol. The third kappa shape index (κ3) is 6.82. The zero-order valence-corrected chi connectivity index (χ0v) is 18.6. The van der Waals surface area contributed by atoms with Crippen LogP contribution < -0.4 is 0 Å². The molecule has 0 spiro atoms. The quantitative estimate of drug-likeness (QED) is 0.196. The Morgan fingerprint density at radius 1 is 0.971 bits per heavy atom. The molecule has 8 nitrogen and oxygen atoms in total. The lowest BCUT2D eigenvalue weighted by atomic mass is 9.72. The lowest BCUT2D eigenvalue weighted by molar-refractivity contribution is -0.197. The molecule has 2 rings (SSSR count). The van der Waals surface area contributed by atoms with Gasteiger partial charge in [-0.2, -0.15) is 21.6 Å². The maximum absolute atomic E-state index is 13.4. The minimum absolute atomic E-state index is 0.0212. The van der Waals surface area contributed by atoms with Gasteiger partial charge in [0.25, 0.3) is 10.1 Å². The Kier molecular flexibility index (Phi) is 9.34. The van der Waals surface area contributed by atoms with Crippen molar-refractivity contribution < 1.29 is 49.9 Å². The fourth-order valence-electron chi connectivity index (χ4n) is 3.34. The molecule has 1 aromatic carbocycles. The molecule has 0 aromatic heterocycles. The zero-order chi connectivity index (χ0) is 25.8. The number of carbonyl (C=O) groups excluding carboxylic acids is 2. The summed E-state index contributed by atoms with van der Waals surface area (Å²) in [6.07, 6.45) is -10.3. The molecule has 1 fully saturated rings. The van der Waals surface area contributed by atoms with Gasteiger partial charge < -0.3 is 14.2 Å². The number of hydrogen-bond donors (Lipinski definition) is 1. The summed E-state index contributed by atoms with van der Waals surface area (Å²) in [4.78, 5) is 25.9. The minimum Gasteiger partial charge on any atom is -0.459 e. The van der Waals surface area contributed by atoms with Crippen LogP contribution in [0.15, 0.2) is 0 Å². The van der Waals surface area contributed by atoms with Crippen LogP contribution in [0.25, 0.3) is 0 Å². The molecule has 2 unspecified atom stereocenters. The molecule has 34 heavy (non-hydrogen) atoms. The van der Waals surface area contributed by atoms with E-state index in [1.54, 1.807) is 0 Å². The Morgan fingerprint density at radius 3 is 1.76 bits per heavy atom. The third-order valence-corrected chi connectivity index (χ3v) is 5.67. The van der Waals surface area contributed by atoms with E-state index >= 15 is 0 Å². The molecule has 2 atom stereocenters. The Balaban J connectivity index is 2.70. The molecule has 1 N–H and O–H groups in total. The second kappa shape index (κ2) is 11.2. The minimum atomic E-state index is -5.37. The van der Waals surface area contributed by atoms with E-state index in [0.29, 0.717) is 6.61 Å². The van der Waals surface area contributed by atoms with Crippen LogP contribution in [-0.4, -0.2) is 93.6 Å². The fraction of sp³-hybridized carbons (Fsp3) is 0.556. The first-order valence-corrected chi connectivity index (χ1v) is 11.4. The summed E-state index contributed by atoms with van der Waals surface area (Å²) in [5.41, 5.74) is -0.995. The number of benzene rings is 1. The van der Waals surface area contributed by atoms with Crippen LogP contribution in [0.5, 0.6) is 0 Å². The van der Waals surface area contributed by atoms with Gasteiger partial charge in [0.05, 0.1) is 49.1 Å². The molecule has 0 saturated carbocycles. The molecule has 1 aliphatic rings. The fourth-order valence-corrected chi connectivity index (χ4v) is 3.98. The standard InChI is InChI=1S/C18H17B4F3O8S/c19-1-9-10(2-20)12(4-22)15(14(11(9)3-21)16(26)32-6-8-5-31-8)17(27)33-13(18(23,24)25)7-34(28,29)30/h8,13H,1-7H2,(H,28,29,30). The topological polar surface area (TPSA) is 120 Å².